The molecule has 130 valence electrons. The number of benzene rings is 1. The van der Waals surface area contributed by atoms with Gasteiger partial charge in [0.1, 0.15) is 6.04 Å². The Morgan fingerprint density at radius 3 is 2.17 bits per heavy atom. The fourth-order valence-corrected chi connectivity index (χ4v) is 2.12. The van der Waals surface area contributed by atoms with Crippen LogP contribution in [0.2, 0.25) is 0 Å². The van der Waals surface area contributed by atoms with Crippen molar-refractivity contribution in [3.8, 4) is 11.4 Å². The van der Waals surface area contributed by atoms with E-state index >= 15 is 0 Å². The Bertz CT molecular complexity index is 703. The lowest BCUT2D eigenvalue weighted by molar-refractivity contribution is -0.129. The lowest BCUT2D eigenvalue weighted by Gasteiger charge is -2.19. The molecule has 2 rings (SSSR count). The zero-order chi connectivity index (χ0) is 18.1. The number of amides is 1. The Morgan fingerprint density at radius 2 is 1.67 bits per heavy atom. The Morgan fingerprint density at radius 1 is 1.08 bits per heavy atom. The molecule has 5 nitrogen and oxygen atoms in total. The molecule has 1 aromatic heterocycles. The first-order chi connectivity index (χ1) is 11.0. The summed E-state index contributed by atoms with van der Waals surface area (Å²) in [5, 5.41) is 6.93. The number of nitrogens with zero attached hydrogens (tertiary/aromatic N) is 2. The van der Waals surface area contributed by atoms with Crippen LogP contribution in [0, 0.1) is 5.41 Å². The number of hydrogen-bond donors (Lipinski definition) is 1. The van der Waals surface area contributed by atoms with E-state index in [1.54, 1.807) is 0 Å². The number of hydrogen-bond acceptors (Lipinski definition) is 4. The van der Waals surface area contributed by atoms with Gasteiger partial charge in [0.05, 0.1) is 0 Å². The van der Waals surface area contributed by atoms with Crippen LogP contribution < -0.4 is 5.32 Å². The quantitative estimate of drug-likeness (QED) is 0.913. The second kappa shape index (κ2) is 6.38. The minimum Gasteiger partial charge on any atom is -0.344 e. The van der Waals surface area contributed by atoms with E-state index in [1.165, 1.54) is 5.56 Å². The van der Waals surface area contributed by atoms with Gasteiger partial charge in [0.25, 0.3) is 0 Å². The number of nitrogens with one attached hydrogen (secondary N) is 1. The molecule has 1 N–H and O–H groups in total. The molecule has 1 amide bonds. The summed E-state index contributed by atoms with van der Waals surface area (Å²) in [6.07, 6.45) is 0. The summed E-state index contributed by atoms with van der Waals surface area (Å²) in [5.74, 6) is 0.883. The second-order valence-electron chi connectivity index (χ2n) is 8.23. The fraction of sp³-hybridized carbons (Fsp3) is 0.526. The number of carbonyl (C=O) groups is 1. The zero-order valence-corrected chi connectivity index (χ0v) is 15.6. The topological polar surface area (TPSA) is 68.0 Å². The predicted molar refractivity (Wildman–Crippen MR) is 94.4 cm³/mol. The molecule has 0 bridgehead atoms. The van der Waals surface area contributed by atoms with Gasteiger partial charge in [0, 0.05) is 11.0 Å². The zero-order valence-electron chi connectivity index (χ0n) is 15.6. The first-order valence-electron chi connectivity index (χ1n) is 8.24. The van der Waals surface area contributed by atoms with E-state index in [0.29, 0.717) is 11.7 Å². The monoisotopic (exact) mass is 329 g/mol. The summed E-state index contributed by atoms with van der Waals surface area (Å²) in [4.78, 5) is 16.5. The molecule has 0 saturated carbocycles. The molecule has 0 aliphatic rings. The van der Waals surface area contributed by atoms with Crippen LogP contribution in [0.15, 0.2) is 28.8 Å². The fourth-order valence-electron chi connectivity index (χ4n) is 2.12. The summed E-state index contributed by atoms with van der Waals surface area (Å²) < 4.78 is 5.32. The van der Waals surface area contributed by atoms with Gasteiger partial charge in [0.15, 0.2) is 0 Å². The summed E-state index contributed by atoms with van der Waals surface area (Å²) >= 11 is 0. The van der Waals surface area contributed by atoms with E-state index in [1.807, 2.05) is 39.8 Å². The first-order valence-corrected chi connectivity index (χ1v) is 8.24. The largest absolute Gasteiger partial charge is 0.344 e. The van der Waals surface area contributed by atoms with Crippen molar-refractivity contribution in [2.75, 3.05) is 0 Å². The van der Waals surface area contributed by atoms with Crippen molar-refractivity contribution in [3.05, 3.63) is 35.7 Å². The maximum absolute atomic E-state index is 12.1. The van der Waals surface area contributed by atoms with Crippen LogP contribution in [0.1, 0.15) is 66.0 Å². The minimum atomic E-state index is -0.458. The molecule has 1 unspecified atom stereocenters. The van der Waals surface area contributed by atoms with Crippen molar-refractivity contribution in [1.29, 1.82) is 0 Å². The van der Waals surface area contributed by atoms with E-state index in [9.17, 15) is 4.79 Å². The molecule has 0 saturated heterocycles. The highest BCUT2D eigenvalue weighted by molar-refractivity contribution is 5.81. The van der Waals surface area contributed by atoms with Gasteiger partial charge in [-0.1, -0.05) is 71.0 Å². The Balaban J connectivity index is 2.14. The minimum absolute atomic E-state index is 0.0516. The SMILES string of the molecule is CC(NC(=O)C(C)(C)C)c1nc(-c2ccc(C(C)(C)C)cc2)no1. The van der Waals surface area contributed by atoms with E-state index in [2.05, 4.69) is 48.4 Å². The van der Waals surface area contributed by atoms with Crippen molar-refractivity contribution >= 4 is 5.91 Å². The molecule has 24 heavy (non-hydrogen) atoms. The van der Waals surface area contributed by atoms with Crippen LogP contribution in [0.3, 0.4) is 0 Å². The molecule has 1 aromatic carbocycles. The van der Waals surface area contributed by atoms with Crippen LogP contribution in [0.5, 0.6) is 0 Å². The van der Waals surface area contributed by atoms with Gasteiger partial charge in [-0.2, -0.15) is 4.98 Å². The van der Waals surface area contributed by atoms with Gasteiger partial charge in [-0.25, -0.2) is 0 Å². The maximum atomic E-state index is 12.1. The number of aromatic nitrogens is 2. The van der Waals surface area contributed by atoms with Crippen molar-refractivity contribution in [1.82, 2.24) is 15.5 Å². The average Bonchev–Trinajstić information content (AvgIpc) is 2.95. The highest BCUT2D eigenvalue weighted by Gasteiger charge is 2.25. The third-order valence-corrected chi connectivity index (χ3v) is 3.85. The molecule has 0 fully saturated rings. The molecule has 2 aromatic rings. The lowest BCUT2D eigenvalue weighted by atomic mass is 9.87. The highest BCUT2D eigenvalue weighted by atomic mass is 16.5. The van der Waals surface area contributed by atoms with E-state index in [-0.39, 0.29) is 17.4 Å². The molecule has 0 radical (unpaired) electrons. The smallest absolute Gasteiger partial charge is 0.249 e. The lowest BCUT2D eigenvalue weighted by Crippen LogP contribution is -2.36. The summed E-state index contributed by atoms with van der Waals surface area (Å²) in [7, 11) is 0. The van der Waals surface area contributed by atoms with Gasteiger partial charge in [0.2, 0.25) is 17.6 Å². The van der Waals surface area contributed by atoms with Crippen molar-refractivity contribution in [3.63, 3.8) is 0 Å². The molecule has 5 heteroatoms. The van der Waals surface area contributed by atoms with Crippen LogP contribution >= 0.6 is 0 Å². The Hall–Kier alpha value is -2.17. The maximum Gasteiger partial charge on any atom is 0.249 e. The molecule has 1 atom stereocenters. The summed E-state index contributed by atoms with van der Waals surface area (Å²) in [5.41, 5.74) is 1.79. The second-order valence-corrected chi connectivity index (χ2v) is 8.23. The highest BCUT2D eigenvalue weighted by Crippen LogP contribution is 2.25. The third kappa shape index (κ3) is 4.22. The average molecular weight is 329 g/mol. The van der Waals surface area contributed by atoms with Crippen LogP contribution in [-0.4, -0.2) is 16.0 Å². The van der Waals surface area contributed by atoms with Gasteiger partial charge in [-0.15, -0.1) is 0 Å². The van der Waals surface area contributed by atoms with Crippen molar-refractivity contribution in [2.45, 2.75) is 59.9 Å². The Labute approximate surface area is 143 Å². The first kappa shape index (κ1) is 18.2. The van der Waals surface area contributed by atoms with E-state index in [0.717, 1.165) is 5.56 Å². The molecule has 0 spiro atoms. The van der Waals surface area contributed by atoms with Crippen LogP contribution in [-0.2, 0) is 10.2 Å². The van der Waals surface area contributed by atoms with E-state index < -0.39 is 5.41 Å². The van der Waals surface area contributed by atoms with E-state index in [4.69, 9.17) is 4.52 Å². The van der Waals surface area contributed by atoms with Gasteiger partial charge < -0.3 is 9.84 Å². The van der Waals surface area contributed by atoms with Gasteiger partial charge >= 0.3 is 0 Å². The number of rotatable bonds is 3. The molecule has 1 heterocycles. The summed E-state index contributed by atoms with van der Waals surface area (Å²) in [6, 6.07) is 7.82. The van der Waals surface area contributed by atoms with Gasteiger partial charge in [-0.3, -0.25) is 4.79 Å². The van der Waals surface area contributed by atoms with Crippen molar-refractivity contribution < 1.29 is 9.32 Å². The molecular weight excluding hydrogens is 302 g/mol. The van der Waals surface area contributed by atoms with Crippen LogP contribution in [0.4, 0.5) is 0 Å². The Kier molecular flexibility index (Phi) is 4.83. The standard InChI is InChI=1S/C19H27N3O2/c1-12(20-17(23)19(5,6)7)16-21-15(22-24-16)13-8-10-14(11-9-13)18(2,3)4/h8-12H,1-7H3,(H,20,23). The molecular formula is C19H27N3O2. The summed E-state index contributed by atoms with van der Waals surface area (Å²) in [6.45, 7) is 14.0. The van der Waals surface area contributed by atoms with Gasteiger partial charge in [-0.05, 0) is 17.9 Å². The van der Waals surface area contributed by atoms with Crippen molar-refractivity contribution in [2.24, 2.45) is 5.41 Å². The van der Waals surface area contributed by atoms with Crippen LogP contribution in [0.25, 0.3) is 11.4 Å². The molecule has 0 aliphatic heterocycles. The number of carbonyl (C=O) groups excluding carboxylic acids is 1. The predicted octanol–water partition coefficient (Wildman–Crippen LogP) is 4.26. The normalized spacial score (nSPS) is 13.6. The third-order valence-electron chi connectivity index (χ3n) is 3.85. The molecule has 0 aliphatic carbocycles.